The fraction of sp³-hybridized carbons (Fsp3) is 0.462. The SMILES string of the molecule is CC(C)(C)CC(=O)Nc1ccccc1CCl. The van der Waals surface area contributed by atoms with Gasteiger partial charge in [0.15, 0.2) is 0 Å². The number of carbonyl (C=O) groups excluding carboxylic acids is 1. The second-order valence-electron chi connectivity index (χ2n) is 5.08. The number of nitrogens with one attached hydrogen (secondary N) is 1. The molecule has 0 fully saturated rings. The van der Waals surface area contributed by atoms with E-state index >= 15 is 0 Å². The van der Waals surface area contributed by atoms with Crippen molar-refractivity contribution in [3.05, 3.63) is 29.8 Å². The van der Waals surface area contributed by atoms with Crippen molar-refractivity contribution in [3.8, 4) is 0 Å². The van der Waals surface area contributed by atoms with Crippen LogP contribution in [-0.4, -0.2) is 5.91 Å². The molecule has 3 heteroatoms. The van der Waals surface area contributed by atoms with Crippen LogP contribution in [0.1, 0.15) is 32.8 Å². The molecule has 1 rings (SSSR count). The first-order valence-corrected chi connectivity index (χ1v) is 5.89. The number of hydrogen-bond acceptors (Lipinski definition) is 1. The number of benzene rings is 1. The number of carbonyl (C=O) groups is 1. The summed E-state index contributed by atoms with van der Waals surface area (Å²) < 4.78 is 0. The highest BCUT2D eigenvalue weighted by Gasteiger charge is 2.16. The van der Waals surface area contributed by atoms with Gasteiger partial charge in [-0.25, -0.2) is 0 Å². The summed E-state index contributed by atoms with van der Waals surface area (Å²) in [5.41, 5.74) is 1.76. The van der Waals surface area contributed by atoms with E-state index < -0.39 is 0 Å². The van der Waals surface area contributed by atoms with Gasteiger partial charge in [0, 0.05) is 18.0 Å². The van der Waals surface area contributed by atoms with E-state index in [4.69, 9.17) is 11.6 Å². The van der Waals surface area contributed by atoms with Gasteiger partial charge in [-0.1, -0.05) is 39.0 Å². The molecular formula is C13H18ClNO. The molecule has 1 amide bonds. The van der Waals surface area contributed by atoms with Gasteiger partial charge in [0.1, 0.15) is 0 Å². The Balaban J connectivity index is 2.70. The molecule has 0 unspecified atom stereocenters. The van der Waals surface area contributed by atoms with Gasteiger partial charge in [-0.2, -0.15) is 0 Å². The molecule has 0 aliphatic carbocycles. The molecule has 0 bridgehead atoms. The minimum absolute atomic E-state index is 0.00000827. The lowest BCUT2D eigenvalue weighted by molar-refractivity contribution is -0.117. The smallest absolute Gasteiger partial charge is 0.224 e. The maximum atomic E-state index is 11.7. The quantitative estimate of drug-likeness (QED) is 0.799. The first-order chi connectivity index (χ1) is 7.42. The van der Waals surface area contributed by atoms with Crippen molar-refractivity contribution in [3.63, 3.8) is 0 Å². The number of hydrogen-bond donors (Lipinski definition) is 1. The number of amides is 1. The van der Waals surface area contributed by atoms with Crippen molar-refractivity contribution in [2.75, 3.05) is 5.32 Å². The molecule has 1 aromatic rings. The van der Waals surface area contributed by atoms with Crippen LogP contribution in [0.5, 0.6) is 0 Å². The Morgan fingerprint density at radius 2 is 1.94 bits per heavy atom. The van der Waals surface area contributed by atoms with Gasteiger partial charge in [0.05, 0.1) is 0 Å². The third-order valence-electron chi connectivity index (χ3n) is 2.13. The highest BCUT2D eigenvalue weighted by Crippen LogP contribution is 2.21. The zero-order valence-corrected chi connectivity index (χ0v) is 10.8. The summed E-state index contributed by atoms with van der Waals surface area (Å²) in [5.74, 6) is 0.441. The van der Waals surface area contributed by atoms with E-state index in [2.05, 4.69) is 5.32 Å². The van der Waals surface area contributed by atoms with Crippen LogP contribution in [0.3, 0.4) is 0 Å². The van der Waals surface area contributed by atoms with Gasteiger partial charge in [-0.15, -0.1) is 11.6 Å². The minimum Gasteiger partial charge on any atom is -0.326 e. The topological polar surface area (TPSA) is 29.1 Å². The summed E-state index contributed by atoms with van der Waals surface area (Å²) in [4.78, 5) is 11.7. The van der Waals surface area contributed by atoms with Crippen LogP contribution in [0.25, 0.3) is 0 Å². The lowest BCUT2D eigenvalue weighted by Crippen LogP contribution is -2.20. The molecule has 0 atom stereocenters. The van der Waals surface area contributed by atoms with E-state index in [9.17, 15) is 4.79 Å². The van der Waals surface area contributed by atoms with Crippen molar-refractivity contribution in [1.29, 1.82) is 0 Å². The number of alkyl halides is 1. The van der Waals surface area contributed by atoms with Crippen LogP contribution in [-0.2, 0) is 10.7 Å². The van der Waals surface area contributed by atoms with Gasteiger partial charge in [-0.05, 0) is 17.0 Å². The monoisotopic (exact) mass is 239 g/mol. The zero-order chi connectivity index (χ0) is 12.2. The molecule has 88 valence electrons. The zero-order valence-electron chi connectivity index (χ0n) is 10.0. The van der Waals surface area contributed by atoms with Crippen LogP contribution >= 0.6 is 11.6 Å². The molecule has 0 aliphatic rings. The van der Waals surface area contributed by atoms with Gasteiger partial charge in [0.2, 0.25) is 5.91 Å². The lowest BCUT2D eigenvalue weighted by Gasteiger charge is -2.18. The van der Waals surface area contributed by atoms with Crippen LogP contribution in [0.4, 0.5) is 5.69 Å². The minimum atomic E-state index is -0.00000827. The highest BCUT2D eigenvalue weighted by molar-refractivity contribution is 6.17. The van der Waals surface area contributed by atoms with Crippen LogP contribution < -0.4 is 5.32 Å². The second kappa shape index (κ2) is 5.35. The van der Waals surface area contributed by atoms with Gasteiger partial charge >= 0.3 is 0 Å². The van der Waals surface area contributed by atoms with E-state index in [1.807, 2.05) is 45.0 Å². The third-order valence-corrected chi connectivity index (χ3v) is 2.41. The van der Waals surface area contributed by atoms with Crippen molar-refractivity contribution in [2.45, 2.75) is 33.1 Å². The third kappa shape index (κ3) is 4.23. The molecule has 1 aromatic carbocycles. The summed E-state index contributed by atoms with van der Waals surface area (Å²) in [6.45, 7) is 6.13. The second-order valence-corrected chi connectivity index (χ2v) is 5.34. The largest absolute Gasteiger partial charge is 0.326 e. The first kappa shape index (κ1) is 13.0. The summed E-state index contributed by atoms with van der Waals surface area (Å²) in [7, 11) is 0. The maximum absolute atomic E-state index is 11.7. The Morgan fingerprint density at radius 3 is 2.50 bits per heavy atom. The molecular weight excluding hydrogens is 222 g/mol. The summed E-state index contributed by atoms with van der Waals surface area (Å²) in [5, 5.41) is 2.89. The highest BCUT2D eigenvalue weighted by atomic mass is 35.5. The number of anilines is 1. The number of rotatable bonds is 3. The van der Waals surface area contributed by atoms with E-state index in [0.29, 0.717) is 12.3 Å². The molecule has 0 saturated heterocycles. The fourth-order valence-electron chi connectivity index (χ4n) is 1.43. The van der Waals surface area contributed by atoms with Gasteiger partial charge in [-0.3, -0.25) is 4.79 Å². The Labute approximate surface area is 102 Å². The first-order valence-electron chi connectivity index (χ1n) is 5.36. The Hall–Kier alpha value is -1.02. The van der Waals surface area contributed by atoms with Crippen LogP contribution in [0.2, 0.25) is 0 Å². The van der Waals surface area contributed by atoms with Gasteiger partial charge in [0.25, 0.3) is 0 Å². The Morgan fingerprint density at radius 1 is 1.31 bits per heavy atom. The molecule has 0 heterocycles. The van der Waals surface area contributed by atoms with Crippen molar-refractivity contribution in [1.82, 2.24) is 0 Å². The summed E-state index contributed by atoms with van der Waals surface area (Å²) in [6.07, 6.45) is 0.504. The molecule has 16 heavy (non-hydrogen) atoms. The Bertz CT molecular complexity index is 368. The van der Waals surface area contributed by atoms with Crippen LogP contribution in [0.15, 0.2) is 24.3 Å². The fourth-order valence-corrected chi connectivity index (χ4v) is 1.67. The molecule has 2 nitrogen and oxygen atoms in total. The van der Waals surface area contributed by atoms with Crippen LogP contribution in [0, 0.1) is 5.41 Å². The lowest BCUT2D eigenvalue weighted by atomic mass is 9.92. The predicted octanol–water partition coefficient (Wildman–Crippen LogP) is 3.80. The number of halogens is 1. The average molecular weight is 240 g/mol. The summed E-state index contributed by atoms with van der Waals surface area (Å²) >= 11 is 5.80. The van der Waals surface area contributed by atoms with E-state index in [0.717, 1.165) is 11.3 Å². The molecule has 0 radical (unpaired) electrons. The average Bonchev–Trinajstić information content (AvgIpc) is 2.15. The van der Waals surface area contributed by atoms with Crippen molar-refractivity contribution >= 4 is 23.2 Å². The molecule has 0 aliphatic heterocycles. The molecule has 0 aromatic heterocycles. The Kier molecular flexibility index (Phi) is 4.36. The number of para-hydroxylation sites is 1. The molecule has 0 spiro atoms. The van der Waals surface area contributed by atoms with E-state index in [1.54, 1.807) is 0 Å². The maximum Gasteiger partial charge on any atom is 0.224 e. The molecule has 1 N–H and O–H groups in total. The van der Waals surface area contributed by atoms with Gasteiger partial charge < -0.3 is 5.32 Å². The predicted molar refractivity (Wildman–Crippen MR) is 68.7 cm³/mol. The normalized spacial score (nSPS) is 11.2. The van der Waals surface area contributed by atoms with Crippen molar-refractivity contribution < 1.29 is 4.79 Å². The van der Waals surface area contributed by atoms with Crippen molar-refractivity contribution in [2.24, 2.45) is 5.41 Å². The molecule has 0 saturated carbocycles. The standard InChI is InChI=1S/C13H18ClNO/c1-13(2,3)8-12(16)15-11-7-5-4-6-10(11)9-14/h4-7H,8-9H2,1-3H3,(H,15,16). The van der Waals surface area contributed by atoms with E-state index in [-0.39, 0.29) is 11.3 Å². The van der Waals surface area contributed by atoms with E-state index in [1.165, 1.54) is 0 Å². The summed E-state index contributed by atoms with van der Waals surface area (Å²) in [6, 6.07) is 7.60.